The van der Waals surface area contributed by atoms with E-state index in [1.54, 1.807) is 18.2 Å². The number of nitrogens with two attached hydrogens (primary N) is 1. The van der Waals surface area contributed by atoms with Gasteiger partial charge in [-0.1, -0.05) is 35.3 Å². The fourth-order valence-electron chi connectivity index (χ4n) is 2.03. The van der Waals surface area contributed by atoms with Gasteiger partial charge in [-0.05, 0) is 35.9 Å². The Hall–Kier alpha value is -2.11. The van der Waals surface area contributed by atoms with Crippen LogP contribution in [0.15, 0.2) is 42.5 Å². The predicted molar refractivity (Wildman–Crippen MR) is 87.0 cm³/mol. The Morgan fingerprint density at radius 1 is 1.13 bits per heavy atom. The molecule has 4 nitrogen and oxygen atoms in total. The van der Waals surface area contributed by atoms with Crippen LogP contribution in [0.25, 0.3) is 0 Å². The molecule has 0 saturated heterocycles. The quantitative estimate of drug-likeness (QED) is 0.866. The van der Waals surface area contributed by atoms with Crippen molar-refractivity contribution >= 4 is 35.0 Å². The third-order valence-electron chi connectivity index (χ3n) is 3.21. The average molecular weight is 355 g/mol. The van der Waals surface area contributed by atoms with Gasteiger partial charge in [0.2, 0.25) is 5.91 Å². The zero-order valence-electron chi connectivity index (χ0n) is 11.9. The summed E-state index contributed by atoms with van der Waals surface area (Å²) < 4.78 is 13.2. The first-order valence-corrected chi connectivity index (χ1v) is 7.42. The standard InChI is InChI=1S/C16H13Cl2FN2O2/c17-12-5-2-6-13(18)11(12)8-14(15(20)22)21-16(23)9-3-1-4-10(19)7-9/h1-7,14H,8H2,(H2,20,22)(H,21,23)/t14-/m0/s1. The van der Waals surface area contributed by atoms with Crippen molar-refractivity contribution in [3.63, 3.8) is 0 Å². The van der Waals surface area contributed by atoms with Gasteiger partial charge in [0.15, 0.2) is 0 Å². The number of hydrogen-bond acceptors (Lipinski definition) is 2. The molecule has 0 aliphatic heterocycles. The molecule has 120 valence electrons. The van der Waals surface area contributed by atoms with Crippen LogP contribution in [-0.4, -0.2) is 17.9 Å². The van der Waals surface area contributed by atoms with Crippen LogP contribution in [0.2, 0.25) is 10.0 Å². The highest BCUT2D eigenvalue weighted by molar-refractivity contribution is 6.36. The highest BCUT2D eigenvalue weighted by Gasteiger charge is 2.22. The molecule has 0 heterocycles. The maximum atomic E-state index is 13.2. The Labute approximate surface area is 142 Å². The SMILES string of the molecule is NC(=O)[C@H](Cc1c(Cl)cccc1Cl)NC(=O)c1cccc(F)c1. The summed E-state index contributed by atoms with van der Waals surface area (Å²) in [5.74, 6) is -1.91. The number of hydrogen-bond donors (Lipinski definition) is 2. The first kappa shape index (κ1) is 17.2. The second-order valence-electron chi connectivity index (χ2n) is 4.84. The van der Waals surface area contributed by atoms with Crippen LogP contribution in [0.5, 0.6) is 0 Å². The summed E-state index contributed by atoms with van der Waals surface area (Å²) in [6, 6.07) is 8.99. The number of benzene rings is 2. The Kier molecular flexibility index (Phi) is 5.58. The van der Waals surface area contributed by atoms with Crippen molar-refractivity contribution in [3.05, 3.63) is 69.5 Å². The molecule has 0 bridgehead atoms. The van der Waals surface area contributed by atoms with Crippen molar-refractivity contribution < 1.29 is 14.0 Å². The number of carbonyl (C=O) groups is 2. The number of amides is 2. The van der Waals surface area contributed by atoms with Gasteiger partial charge in [0.25, 0.3) is 5.91 Å². The van der Waals surface area contributed by atoms with Gasteiger partial charge in [-0.2, -0.15) is 0 Å². The minimum absolute atomic E-state index is 0.0366. The van der Waals surface area contributed by atoms with Gasteiger partial charge in [0, 0.05) is 22.0 Å². The van der Waals surface area contributed by atoms with Crippen LogP contribution in [0.1, 0.15) is 15.9 Å². The summed E-state index contributed by atoms with van der Waals surface area (Å²) in [4.78, 5) is 23.7. The molecule has 0 aromatic heterocycles. The van der Waals surface area contributed by atoms with Gasteiger partial charge >= 0.3 is 0 Å². The first-order valence-electron chi connectivity index (χ1n) is 6.67. The molecule has 1 atom stereocenters. The van der Waals surface area contributed by atoms with E-state index in [0.29, 0.717) is 15.6 Å². The lowest BCUT2D eigenvalue weighted by atomic mass is 10.0. The van der Waals surface area contributed by atoms with Crippen molar-refractivity contribution in [3.8, 4) is 0 Å². The molecular formula is C16H13Cl2FN2O2. The third kappa shape index (κ3) is 4.43. The Balaban J connectivity index is 2.19. The highest BCUT2D eigenvalue weighted by Crippen LogP contribution is 2.25. The molecule has 0 aliphatic rings. The Morgan fingerprint density at radius 2 is 1.74 bits per heavy atom. The predicted octanol–water partition coefficient (Wildman–Crippen LogP) is 2.96. The Morgan fingerprint density at radius 3 is 2.30 bits per heavy atom. The van der Waals surface area contributed by atoms with Crippen LogP contribution in [0.3, 0.4) is 0 Å². The van der Waals surface area contributed by atoms with E-state index in [1.807, 2.05) is 0 Å². The molecular weight excluding hydrogens is 342 g/mol. The Bertz CT molecular complexity index is 732. The van der Waals surface area contributed by atoms with E-state index in [4.69, 9.17) is 28.9 Å². The zero-order chi connectivity index (χ0) is 17.0. The van der Waals surface area contributed by atoms with E-state index in [9.17, 15) is 14.0 Å². The van der Waals surface area contributed by atoms with Crippen molar-refractivity contribution in [1.29, 1.82) is 0 Å². The molecule has 0 unspecified atom stereocenters. The molecule has 0 saturated carbocycles. The molecule has 3 N–H and O–H groups in total. The van der Waals surface area contributed by atoms with Crippen molar-refractivity contribution in [2.75, 3.05) is 0 Å². The number of carbonyl (C=O) groups excluding carboxylic acids is 2. The van der Waals surface area contributed by atoms with Crippen LogP contribution in [0, 0.1) is 5.82 Å². The molecule has 0 radical (unpaired) electrons. The van der Waals surface area contributed by atoms with Gasteiger partial charge in [-0.25, -0.2) is 4.39 Å². The molecule has 0 fully saturated rings. The molecule has 2 aromatic rings. The lowest BCUT2D eigenvalue weighted by molar-refractivity contribution is -0.119. The van der Waals surface area contributed by atoms with Gasteiger partial charge < -0.3 is 11.1 Å². The summed E-state index contributed by atoms with van der Waals surface area (Å²) in [5.41, 5.74) is 5.91. The van der Waals surface area contributed by atoms with Crippen LogP contribution in [-0.2, 0) is 11.2 Å². The number of rotatable bonds is 5. The molecule has 23 heavy (non-hydrogen) atoms. The summed E-state index contributed by atoms with van der Waals surface area (Å²) >= 11 is 12.1. The summed E-state index contributed by atoms with van der Waals surface area (Å²) in [7, 11) is 0. The first-order chi connectivity index (χ1) is 10.9. The molecule has 2 amide bonds. The fourth-order valence-corrected chi connectivity index (χ4v) is 2.58. The second-order valence-corrected chi connectivity index (χ2v) is 5.66. The van der Waals surface area contributed by atoms with Gasteiger partial charge in [-0.3, -0.25) is 9.59 Å². The minimum Gasteiger partial charge on any atom is -0.368 e. The van der Waals surface area contributed by atoms with Crippen molar-refractivity contribution in [2.45, 2.75) is 12.5 Å². The van der Waals surface area contributed by atoms with E-state index in [0.717, 1.165) is 6.07 Å². The van der Waals surface area contributed by atoms with Crippen molar-refractivity contribution in [1.82, 2.24) is 5.32 Å². The maximum Gasteiger partial charge on any atom is 0.252 e. The topological polar surface area (TPSA) is 72.2 Å². The van der Waals surface area contributed by atoms with Crippen molar-refractivity contribution in [2.24, 2.45) is 5.73 Å². The fraction of sp³-hybridized carbons (Fsp3) is 0.125. The maximum absolute atomic E-state index is 13.2. The van der Waals surface area contributed by atoms with E-state index < -0.39 is 23.7 Å². The second kappa shape index (κ2) is 7.44. The molecule has 7 heteroatoms. The summed E-state index contributed by atoms with van der Waals surface area (Å²) in [6.45, 7) is 0. The molecule has 0 spiro atoms. The lowest BCUT2D eigenvalue weighted by Gasteiger charge is -2.17. The lowest BCUT2D eigenvalue weighted by Crippen LogP contribution is -2.46. The summed E-state index contributed by atoms with van der Waals surface area (Å²) in [6.07, 6.45) is 0.0366. The molecule has 2 rings (SSSR count). The van der Waals surface area contributed by atoms with Crippen LogP contribution >= 0.6 is 23.2 Å². The number of halogens is 3. The third-order valence-corrected chi connectivity index (χ3v) is 3.91. The monoisotopic (exact) mass is 354 g/mol. The molecule has 0 aliphatic carbocycles. The van der Waals surface area contributed by atoms with Gasteiger partial charge in [0.1, 0.15) is 11.9 Å². The van der Waals surface area contributed by atoms with Gasteiger partial charge in [0.05, 0.1) is 0 Å². The van der Waals surface area contributed by atoms with E-state index >= 15 is 0 Å². The van der Waals surface area contributed by atoms with Crippen LogP contribution in [0.4, 0.5) is 4.39 Å². The average Bonchev–Trinajstić information content (AvgIpc) is 2.49. The normalized spacial score (nSPS) is 11.8. The highest BCUT2D eigenvalue weighted by atomic mass is 35.5. The number of nitrogens with one attached hydrogen (secondary N) is 1. The van der Waals surface area contributed by atoms with E-state index in [1.165, 1.54) is 18.2 Å². The largest absolute Gasteiger partial charge is 0.368 e. The minimum atomic E-state index is -1.02. The van der Waals surface area contributed by atoms with Gasteiger partial charge in [-0.15, -0.1) is 0 Å². The number of primary amides is 1. The van der Waals surface area contributed by atoms with E-state index in [2.05, 4.69) is 5.32 Å². The smallest absolute Gasteiger partial charge is 0.252 e. The van der Waals surface area contributed by atoms with Crippen LogP contribution < -0.4 is 11.1 Å². The summed E-state index contributed by atoms with van der Waals surface area (Å²) in [5, 5.41) is 3.19. The van der Waals surface area contributed by atoms with E-state index in [-0.39, 0.29) is 12.0 Å². The zero-order valence-corrected chi connectivity index (χ0v) is 13.4. The molecule has 2 aromatic carbocycles.